The molecule has 7 heteroatoms. The number of anilines is 1. The van der Waals surface area contributed by atoms with Gasteiger partial charge in [-0.05, 0) is 38.9 Å². The highest BCUT2D eigenvalue weighted by atomic mass is 16.4. The summed E-state index contributed by atoms with van der Waals surface area (Å²) in [6.45, 7) is 4.79. The van der Waals surface area contributed by atoms with Crippen LogP contribution in [-0.2, 0) is 0 Å². The van der Waals surface area contributed by atoms with Gasteiger partial charge >= 0.3 is 12.0 Å². The number of pyridine rings is 1. The zero-order valence-corrected chi connectivity index (χ0v) is 12.0. The van der Waals surface area contributed by atoms with Crippen molar-refractivity contribution < 1.29 is 14.7 Å². The second-order valence-electron chi connectivity index (χ2n) is 5.19. The molecule has 0 spiro atoms. The van der Waals surface area contributed by atoms with E-state index in [-0.39, 0.29) is 11.6 Å². The SMILES string of the molecule is CC(CNC(=O)Nc1cncc(C(=O)O)c1)N1CCCC1. The quantitative estimate of drug-likeness (QED) is 0.762. The average Bonchev–Trinajstić information content (AvgIpc) is 2.99. The van der Waals surface area contributed by atoms with Gasteiger partial charge in [-0.15, -0.1) is 0 Å². The van der Waals surface area contributed by atoms with Crippen LogP contribution in [0.15, 0.2) is 18.5 Å². The Morgan fingerprint density at radius 2 is 2.10 bits per heavy atom. The lowest BCUT2D eigenvalue weighted by atomic mass is 10.2. The van der Waals surface area contributed by atoms with E-state index in [1.807, 2.05) is 0 Å². The van der Waals surface area contributed by atoms with Crippen molar-refractivity contribution >= 4 is 17.7 Å². The van der Waals surface area contributed by atoms with E-state index in [0.717, 1.165) is 13.1 Å². The number of carboxylic acid groups (broad SMARTS) is 1. The van der Waals surface area contributed by atoms with Gasteiger partial charge in [0.05, 0.1) is 17.4 Å². The van der Waals surface area contributed by atoms with Crippen LogP contribution in [0.5, 0.6) is 0 Å². The minimum atomic E-state index is -1.07. The number of rotatable bonds is 5. The summed E-state index contributed by atoms with van der Waals surface area (Å²) in [5.74, 6) is -1.07. The van der Waals surface area contributed by atoms with E-state index >= 15 is 0 Å². The van der Waals surface area contributed by atoms with Gasteiger partial charge < -0.3 is 15.7 Å². The van der Waals surface area contributed by atoms with E-state index in [9.17, 15) is 9.59 Å². The Morgan fingerprint density at radius 3 is 2.76 bits per heavy atom. The lowest BCUT2D eigenvalue weighted by molar-refractivity contribution is 0.0696. The van der Waals surface area contributed by atoms with Crippen molar-refractivity contribution in [1.82, 2.24) is 15.2 Å². The Balaban J connectivity index is 1.81. The smallest absolute Gasteiger partial charge is 0.337 e. The molecule has 0 bridgehead atoms. The van der Waals surface area contributed by atoms with Crippen LogP contribution in [0, 0.1) is 0 Å². The van der Waals surface area contributed by atoms with E-state index < -0.39 is 5.97 Å². The first kappa shape index (κ1) is 15.2. The zero-order chi connectivity index (χ0) is 15.2. The summed E-state index contributed by atoms with van der Waals surface area (Å²) in [4.78, 5) is 28.7. The van der Waals surface area contributed by atoms with E-state index in [1.165, 1.54) is 31.3 Å². The van der Waals surface area contributed by atoms with Crippen LogP contribution in [-0.4, -0.2) is 52.7 Å². The molecule has 2 heterocycles. The fourth-order valence-electron chi connectivity index (χ4n) is 2.35. The lowest BCUT2D eigenvalue weighted by Gasteiger charge is -2.23. The van der Waals surface area contributed by atoms with Gasteiger partial charge in [-0.1, -0.05) is 0 Å². The largest absolute Gasteiger partial charge is 0.478 e. The molecule has 0 radical (unpaired) electrons. The van der Waals surface area contributed by atoms with E-state index in [2.05, 4.69) is 27.4 Å². The molecule has 1 aliphatic rings. The maximum absolute atomic E-state index is 11.8. The normalized spacial score (nSPS) is 16.4. The highest BCUT2D eigenvalue weighted by Gasteiger charge is 2.18. The summed E-state index contributed by atoms with van der Waals surface area (Å²) in [5.41, 5.74) is 0.402. The number of hydrogen-bond donors (Lipinski definition) is 3. The fourth-order valence-corrected chi connectivity index (χ4v) is 2.35. The highest BCUT2D eigenvalue weighted by molar-refractivity contribution is 5.92. The second-order valence-corrected chi connectivity index (χ2v) is 5.19. The summed E-state index contributed by atoms with van der Waals surface area (Å²) < 4.78 is 0. The maximum Gasteiger partial charge on any atom is 0.337 e. The van der Waals surface area contributed by atoms with Gasteiger partial charge in [0, 0.05) is 18.8 Å². The molecule has 3 N–H and O–H groups in total. The predicted octanol–water partition coefficient (Wildman–Crippen LogP) is 1.39. The molecule has 1 aromatic heterocycles. The lowest BCUT2D eigenvalue weighted by Crippen LogP contribution is -2.42. The molecule has 1 saturated heterocycles. The molecule has 1 fully saturated rings. The van der Waals surface area contributed by atoms with Crippen molar-refractivity contribution in [3.63, 3.8) is 0 Å². The first-order valence-corrected chi connectivity index (χ1v) is 7.03. The van der Waals surface area contributed by atoms with Gasteiger partial charge in [-0.3, -0.25) is 9.88 Å². The van der Waals surface area contributed by atoms with Crippen molar-refractivity contribution in [3.8, 4) is 0 Å². The minimum Gasteiger partial charge on any atom is -0.478 e. The van der Waals surface area contributed by atoms with Crippen LogP contribution in [0.3, 0.4) is 0 Å². The Hall–Kier alpha value is -2.15. The Morgan fingerprint density at radius 1 is 1.38 bits per heavy atom. The van der Waals surface area contributed by atoms with Gasteiger partial charge in [0.25, 0.3) is 0 Å². The van der Waals surface area contributed by atoms with Crippen LogP contribution >= 0.6 is 0 Å². The molecule has 21 heavy (non-hydrogen) atoms. The van der Waals surface area contributed by atoms with Gasteiger partial charge in [-0.25, -0.2) is 9.59 Å². The number of carbonyl (C=O) groups is 2. The number of aromatic carboxylic acids is 1. The molecule has 0 aromatic carbocycles. The van der Waals surface area contributed by atoms with Crippen LogP contribution in [0.4, 0.5) is 10.5 Å². The second kappa shape index (κ2) is 7.03. The number of likely N-dealkylation sites (tertiary alicyclic amines) is 1. The standard InChI is InChI=1S/C14H20N4O3/c1-10(18-4-2-3-5-18)7-16-14(21)17-12-6-11(13(19)20)8-15-9-12/h6,8-10H,2-5,7H2,1H3,(H,19,20)(H2,16,17,21). The molecule has 1 aromatic rings. The van der Waals surface area contributed by atoms with Gasteiger partial charge in [0.15, 0.2) is 0 Å². The van der Waals surface area contributed by atoms with Crippen molar-refractivity contribution in [1.29, 1.82) is 0 Å². The third kappa shape index (κ3) is 4.42. The summed E-state index contributed by atoms with van der Waals surface area (Å²) in [6, 6.07) is 1.31. The van der Waals surface area contributed by atoms with Crippen molar-refractivity contribution in [2.75, 3.05) is 25.0 Å². The molecular weight excluding hydrogens is 272 g/mol. The number of hydrogen-bond acceptors (Lipinski definition) is 4. The maximum atomic E-state index is 11.8. The Labute approximate surface area is 123 Å². The summed E-state index contributed by atoms with van der Waals surface area (Å²) >= 11 is 0. The van der Waals surface area contributed by atoms with Crippen LogP contribution in [0.2, 0.25) is 0 Å². The van der Waals surface area contributed by atoms with Gasteiger partial charge in [0.2, 0.25) is 0 Å². The van der Waals surface area contributed by atoms with Crippen LogP contribution in [0.1, 0.15) is 30.1 Å². The fraction of sp³-hybridized carbons (Fsp3) is 0.500. The third-order valence-corrected chi connectivity index (χ3v) is 3.57. The van der Waals surface area contributed by atoms with Gasteiger partial charge in [-0.2, -0.15) is 0 Å². The molecule has 1 atom stereocenters. The number of nitrogens with zero attached hydrogens (tertiary/aromatic N) is 2. The average molecular weight is 292 g/mol. The van der Waals surface area contributed by atoms with E-state index in [0.29, 0.717) is 18.3 Å². The predicted molar refractivity (Wildman–Crippen MR) is 78.5 cm³/mol. The molecular formula is C14H20N4O3. The zero-order valence-electron chi connectivity index (χ0n) is 12.0. The molecule has 1 aliphatic heterocycles. The molecule has 7 nitrogen and oxygen atoms in total. The number of aromatic nitrogens is 1. The molecule has 0 saturated carbocycles. The van der Waals surface area contributed by atoms with Crippen molar-refractivity contribution in [2.45, 2.75) is 25.8 Å². The summed E-state index contributed by atoms with van der Waals surface area (Å²) in [5, 5.41) is 14.2. The Bertz CT molecular complexity index is 515. The summed E-state index contributed by atoms with van der Waals surface area (Å²) in [7, 11) is 0. The number of carboxylic acids is 1. The molecule has 2 rings (SSSR count). The molecule has 1 unspecified atom stereocenters. The molecule has 114 valence electrons. The highest BCUT2D eigenvalue weighted by Crippen LogP contribution is 2.11. The minimum absolute atomic E-state index is 0.0400. The van der Waals surface area contributed by atoms with Crippen LogP contribution < -0.4 is 10.6 Å². The number of amides is 2. The van der Waals surface area contributed by atoms with Crippen molar-refractivity contribution in [2.24, 2.45) is 0 Å². The van der Waals surface area contributed by atoms with E-state index in [4.69, 9.17) is 5.11 Å². The Kier molecular flexibility index (Phi) is 5.10. The third-order valence-electron chi connectivity index (χ3n) is 3.57. The number of nitrogens with one attached hydrogen (secondary N) is 2. The number of urea groups is 1. The van der Waals surface area contributed by atoms with Gasteiger partial charge in [0.1, 0.15) is 0 Å². The monoisotopic (exact) mass is 292 g/mol. The molecule has 0 aliphatic carbocycles. The first-order valence-electron chi connectivity index (χ1n) is 7.03. The topological polar surface area (TPSA) is 94.6 Å². The van der Waals surface area contributed by atoms with E-state index in [1.54, 1.807) is 0 Å². The van der Waals surface area contributed by atoms with Crippen molar-refractivity contribution in [3.05, 3.63) is 24.0 Å². The molecule has 2 amide bonds. The van der Waals surface area contributed by atoms with Crippen LogP contribution in [0.25, 0.3) is 0 Å². The first-order chi connectivity index (χ1) is 10.1. The number of carbonyl (C=O) groups excluding carboxylic acids is 1. The summed E-state index contributed by atoms with van der Waals surface area (Å²) in [6.07, 6.45) is 5.07.